The average Bonchev–Trinajstić information content (AvgIpc) is 2.43. The van der Waals surface area contributed by atoms with Gasteiger partial charge in [0.25, 0.3) is 0 Å². The van der Waals surface area contributed by atoms with Gasteiger partial charge in [0.15, 0.2) is 0 Å². The summed E-state index contributed by atoms with van der Waals surface area (Å²) in [5.41, 5.74) is 2.53. The number of hydrogen-bond acceptors (Lipinski definition) is 2. The van der Waals surface area contributed by atoms with Crippen LogP contribution in [-0.2, 0) is 19.9 Å². The molecule has 0 aromatic carbocycles. The Morgan fingerprint density at radius 2 is 2.21 bits per heavy atom. The van der Waals surface area contributed by atoms with E-state index in [9.17, 15) is 0 Å². The number of likely N-dealkylation sites (N-methyl/N-ethyl adjacent to an activating group) is 1. The van der Waals surface area contributed by atoms with Crippen LogP contribution in [-0.4, -0.2) is 23.4 Å². The van der Waals surface area contributed by atoms with Crippen LogP contribution in [0.1, 0.15) is 25.2 Å². The third kappa shape index (κ3) is 3.14. The molecule has 0 atom stereocenters. The molecular formula is C11H21N3. The van der Waals surface area contributed by atoms with Crippen molar-refractivity contribution in [3.63, 3.8) is 0 Å². The Morgan fingerprint density at radius 1 is 1.50 bits per heavy atom. The number of aromatic nitrogens is 2. The standard InChI is InChI=1S/C11H21N3/c1-9(2)7-11-8-10(5-6-12-3)13-14(11)4/h8-9,12H,5-7H2,1-4H3. The summed E-state index contributed by atoms with van der Waals surface area (Å²) in [4.78, 5) is 0. The second-order valence-electron chi connectivity index (χ2n) is 4.20. The van der Waals surface area contributed by atoms with Gasteiger partial charge in [-0.3, -0.25) is 4.68 Å². The largest absolute Gasteiger partial charge is 0.319 e. The minimum Gasteiger partial charge on any atom is -0.319 e. The minimum absolute atomic E-state index is 0.697. The Balaban J connectivity index is 2.62. The van der Waals surface area contributed by atoms with E-state index in [0.717, 1.165) is 19.4 Å². The molecule has 0 fully saturated rings. The predicted molar refractivity (Wildman–Crippen MR) is 59.4 cm³/mol. The number of hydrogen-bond donors (Lipinski definition) is 1. The van der Waals surface area contributed by atoms with Crippen LogP contribution in [0.5, 0.6) is 0 Å². The second-order valence-corrected chi connectivity index (χ2v) is 4.20. The van der Waals surface area contributed by atoms with Crippen molar-refractivity contribution in [1.82, 2.24) is 15.1 Å². The van der Waals surface area contributed by atoms with Crippen LogP contribution in [0.3, 0.4) is 0 Å². The van der Waals surface area contributed by atoms with Gasteiger partial charge in [0.05, 0.1) is 5.69 Å². The maximum atomic E-state index is 4.48. The summed E-state index contributed by atoms with van der Waals surface area (Å²) >= 11 is 0. The molecule has 0 amide bonds. The zero-order valence-corrected chi connectivity index (χ0v) is 9.67. The van der Waals surface area contributed by atoms with Crippen LogP contribution in [0.2, 0.25) is 0 Å². The highest BCUT2D eigenvalue weighted by Gasteiger charge is 2.06. The first-order valence-electron chi connectivity index (χ1n) is 5.30. The molecule has 0 aliphatic carbocycles. The highest BCUT2D eigenvalue weighted by atomic mass is 15.3. The highest BCUT2D eigenvalue weighted by molar-refractivity contribution is 5.11. The van der Waals surface area contributed by atoms with E-state index in [1.54, 1.807) is 0 Å². The fourth-order valence-corrected chi connectivity index (χ4v) is 1.56. The summed E-state index contributed by atoms with van der Waals surface area (Å²) in [5, 5.41) is 7.61. The molecule has 0 aliphatic heterocycles. The molecule has 1 rings (SSSR count). The topological polar surface area (TPSA) is 29.9 Å². The van der Waals surface area contributed by atoms with Crippen LogP contribution in [0, 0.1) is 5.92 Å². The Morgan fingerprint density at radius 3 is 2.79 bits per heavy atom. The van der Waals surface area contributed by atoms with Crippen molar-refractivity contribution in [2.24, 2.45) is 13.0 Å². The molecule has 0 radical (unpaired) electrons. The van der Waals surface area contributed by atoms with Gasteiger partial charge in [-0.2, -0.15) is 5.10 Å². The van der Waals surface area contributed by atoms with Gasteiger partial charge in [-0.25, -0.2) is 0 Å². The molecule has 3 heteroatoms. The third-order valence-electron chi connectivity index (χ3n) is 2.28. The summed E-state index contributed by atoms with van der Waals surface area (Å²) in [7, 11) is 4.00. The zero-order chi connectivity index (χ0) is 10.6. The average molecular weight is 195 g/mol. The third-order valence-corrected chi connectivity index (χ3v) is 2.28. The number of rotatable bonds is 5. The smallest absolute Gasteiger partial charge is 0.0640 e. The van der Waals surface area contributed by atoms with E-state index in [4.69, 9.17) is 0 Å². The first-order chi connectivity index (χ1) is 6.63. The summed E-state index contributed by atoms with van der Waals surface area (Å²) in [6.07, 6.45) is 2.13. The van der Waals surface area contributed by atoms with E-state index in [1.165, 1.54) is 11.4 Å². The quantitative estimate of drug-likeness (QED) is 0.769. The molecule has 1 N–H and O–H groups in total. The molecule has 80 valence electrons. The molecule has 0 unspecified atom stereocenters. The van der Waals surface area contributed by atoms with Crippen LogP contribution in [0.15, 0.2) is 6.07 Å². The fourth-order valence-electron chi connectivity index (χ4n) is 1.56. The molecule has 1 aromatic heterocycles. The van der Waals surface area contributed by atoms with Crippen LogP contribution >= 0.6 is 0 Å². The van der Waals surface area contributed by atoms with Gasteiger partial charge >= 0.3 is 0 Å². The van der Waals surface area contributed by atoms with Crippen LogP contribution < -0.4 is 5.32 Å². The van der Waals surface area contributed by atoms with Crippen molar-refractivity contribution in [3.8, 4) is 0 Å². The maximum Gasteiger partial charge on any atom is 0.0640 e. The van der Waals surface area contributed by atoms with Crippen molar-refractivity contribution in [3.05, 3.63) is 17.5 Å². The van der Waals surface area contributed by atoms with E-state index in [1.807, 2.05) is 18.8 Å². The Labute approximate surface area is 86.5 Å². The van der Waals surface area contributed by atoms with Crippen molar-refractivity contribution in [2.75, 3.05) is 13.6 Å². The zero-order valence-electron chi connectivity index (χ0n) is 9.67. The van der Waals surface area contributed by atoms with Gasteiger partial charge in [0, 0.05) is 25.7 Å². The summed E-state index contributed by atoms with van der Waals surface area (Å²) in [5.74, 6) is 0.697. The second kappa shape index (κ2) is 5.15. The van der Waals surface area contributed by atoms with Gasteiger partial charge < -0.3 is 5.32 Å². The van der Waals surface area contributed by atoms with E-state index in [-0.39, 0.29) is 0 Å². The molecular weight excluding hydrogens is 174 g/mol. The lowest BCUT2D eigenvalue weighted by Crippen LogP contribution is -2.10. The van der Waals surface area contributed by atoms with E-state index >= 15 is 0 Å². The molecule has 0 aliphatic rings. The molecule has 0 bridgehead atoms. The van der Waals surface area contributed by atoms with Gasteiger partial charge in [0.2, 0.25) is 0 Å². The Bertz CT molecular complexity index is 276. The fraction of sp³-hybridized carbons (Fsp3) is 0.727. The molecule has 1 aromatic rings. The van der Waals surface area contributed by atoms with Crippen molar-refractivity contribution >= 4 is 0 Å². The maximum absolute atomic E-state index is 4.48. The lowest BCUT2D eigenvalue weighted by atomic mass is 10.1. The lowest BCUT2D eigenvalue weighted by molar-refractivity contribution is 0.593. The summed E-state index contributed by atoms with van der Waals surface area (Å²) in [6, 6.07) is 2.22. The van der Waals surface area contributed by atoms with Gasteiger partial charge in [-0.05, 0) is 25.5 Å². The minimum atomic E-state index is 0.697. The Kier molecular flexibility index (Phi) is 4.14. The molecule has 1 heterocycles. The molecule has 0 saturated carbocycles. The van der Waals surface area contributed by atoms with Crippen molar-refractivity contribution in [1.29, 1.82) is 0 Å². The van der Waals surface area contributed by atoms with E-state index in [2.05, 4.69) is 30.3 Å². The first-order valence-corrected chi connectivity index (χ1v) is 5.30. The van der Waals surface area contributed by atoms with Crippen molar-refractivity contribution in [2.45, 2.75) is 26.7 Å². The normalized spacial score (nSPS) is 11.2. The van der Waals surface area contributed by atoms with Gasteiger partial charge in [0.1, 0.15) is 0 Å². The van der Waals surface area contributed by atoms with E-state index in [0.29, 0.717) is 5.92 Å². The molecule has 0 spiro atoms. The predicted octanol–water partition coefficient (Wildman–Crippen LogP) is 1.38. The van der Waals surface area contributed by atoms with Gasteiger partial charge in [-0.1, -0.05) is 13.8 Å². The molecule has 3 nitrogen and oxygen atoms in total. The summed E-state index contributed by atoms with van der Waals surface area (Å²) < 4.78 is 2.00. The number of aryl methyl sites for hydroxylation is 1. The van der Waals surface area contributed by atoms with Gasteiger partial charge in [-0.15, -0.1) is 0 Å². The van der Waals surface area contributed by atoms with E-state index < -0.39 is 0 Å². The monoisotopic (exact) mass is 195 g/mol. The van der Waals surface area contributed by atoms with Crippen molar-refractivity contribution < 1.29 is 0 Å². The number of nitrogens with one attached hydrogen (secondary N) is 1. The van der Waals surface area contributed by atoms with Crippen LogP contribution in [0.4, 0.5) is 0 Å². The molecule has 14 heavy (non-hydrogen) atoms. The lowest BCUT2D eigenvalue weighted by Gasteiger charge is -2.03. The molecule has 0 saturated heterocycles. The highest BCUT2D eigenvalue weighted by Crippen LogP contribution is 2.09. The first kappa shape index (κ1) is 11.2. The summed E-state index contributed by atoms with van der Waals surface area (Å²) in [6.45, 7) is 5.47. The number of nitrogens with zero attached hydrogens (tertiary/aromatic N) is 2. The Hall–Kier alpha value is -0.830. The van der Waals surface area contributed by atoms with Crippen LogP contribution in [0.25, 0.3) is 0 Å². The SMILES string of the molecule is CNCCc1cc(CC(C)C)n(C)n1.